The van der Waals surface area contributed by atoms with Crippen LogP contribution in [-0.2, 0) is 16.0 Å². The van der Waals surface area contributed by atoms with Gasteiger partial charge in [-0.1, -0.05) is 29.3 Å². The number of carbonyl (C=O) groups excluding carboxylic acids is 2. The van der Waals surface area contributed by atoms with E-state index in [2.05, 4.69) is 16.4 Å². The molecule has 0 unspecified atom stereocenters. The molecule has 0 saturated heterocycles. The molecule has 5 nitrogen and oxygen atoms in total. The van der Waals surface area contributed by atoms with E-state index in [1.807, 2.05) is 23.1 Å². The van der Waals surface area contributed by atoms with E-state index < -0.39 is 0 Å². The van der Waals surface area contributed by atoms with Crippen LogP contribution in [0.5, 0.6) is 0 Å². The Labute approximate surface area is 185 Å². The zero-order valence-electron chi connectivity index (χ0n) is 16.3. The van der Waals surface area contributed by atoms with Gasteiger partial charge in [0.2, 0.25) is 11.8 Å². The smallest absolute Gasteiger partial charge is 0.246 e. The number of rotatable bonds is 3. The standard InChI is InChI=1S/C23H21Cl2N3O2/c24-19-11-18(12-20(25)13-19)16-2-1-8-28(9-7-16)22(30)6-3-15-10-17-4-5-21(29)27-23(17)26-14-15/h2-3,6,10-14H,1,4-5,7-9H2,(H,26,27,29)/b6-3+. The van der Waals surface area contributed by atoms with E-state index in [0.717, 1.165) is 35.1 Å². The van der Waals surface area contributed by atoms with Gasteiger partial charge in [0.05, 0.1) is 0 Å². The molecule has 0 radical (unpaired) electrons. The van der Waals surface area contributed by atoms with Crippen molar-refractivity contribution >= 4 is 52.5 Å². The second-order valence-corrected chi connectivity index (χ2v) is 8.28. The number of halogens is 2. The van der Waals surface area contributed by atoms with Gasteiger partial charge in [0, 0.05) is 41.8 Å². The highest BCUT2D eigenvalue weighted by Crippen LogP contribution is 2.28. The second kappa shape index (κ2) is 9.02. The van der Waals surface area contributed by atoms with Crippen LogP contribution in [-0.4, -0.2) is 34.8 Å². The third-order valence-corrected chi connectivity index (χ3v) is 5.71. The quantitative estimate of drug-likeness (QED) is 0.682. The maximum absolute atomic E-state index is 12.7. The molecule has 2 aromatic rings. The molecule has 0 bridgehead atoms. The van der Waals surface area contributed by atoms with Gasteiger partial charge < -0.3 is 10.2 Å². The normalized spacial score (nSPS) is 16.7. The van der Waals surface area contributed by atoms with Crippen LogP contribution in [0.15, 0.2) is 42.6 Å². The molecule has 2 aliphatic rings. The van der Waals surface area contributed by atoms with Gasteiger partial charge in [-0.25, -0.2) is 4.98 Å². The Bertz CT molecular complexity index is 1040. The predicted octanol–water partition coefficient (Wildman–Crippen LogP) is 4.99. The summed E-state index contributed by atoms with van der Waals surface area (Å²) in [5.41, 5.74) is 4.00. The molecule has 30 heavy (non-hydrogen) atoms. The maximum Gasteiger partial charge on any atom is 0.246 e. The molecule has 4 rings (SSSR count). The molecular weight excluding hydrogens is 421 g/mol. The van der Waals surface area contributed by atoms with Gasteiger partial charge >= 0.3 is 0 Å². The number of benzene rings is 1. The predicted molar refractivity (Wildman–Crippen MR) is 120 cm³/mol. The summed E-state index contributed by atoms with van der Waals surface area (Å²) >= 11 is 12.3. The third-order valence-electron chi connectivity index (χ3n) is 5.27. The first kappa shape index (κ1) is 20.6. The summed E-state index contributed by atoms with van der Waals surface area (Å²) in [6, 6.07) is 7.49. The van der Waals surface area contributed by atoms with Crippen molar-refractivity contribution in [3.05, 3.63) is 69.3 Å². The van der Waals surface area contributed by atoms with E-state index in [0.29, 0.717) is 41.8 Å². The van der Waals surface area contributed by atoms with Crippen molar-refractivity contribution in [1.82, 2.24) is 9.88 Å². The summed E-state index contributed by atoms with van der Waals surface area (Å²) in [7, 11) is 0. The molecule has 7 heteroatoms. The molecule has 2 aliphatic heterocycles. The average molecular weight is 442 g/mol. The Hall–Kier alpha value is -2.63. The molecule has 0 fully saturated rings. The largest absolute Gasteiger partial charge is 0.339 e. The van der Waals surface area contributed by atoms with Gasteiger partial charge in [0.25, 0.3) is 0 Å². The summed E-state index contributed by atoms with van der Waals surface area (Å²) < 4.78 is 0. The van der Waals surface area contributed by atoms with Gasteiger partial charge in [0.15, 0.2) is 0 Å². The number of carbonyl (C=O) groups is 2. The monoisotopic (exact) mass is 441 g/mol. The lowest BCUT2D eigenvalue weighted by atomic mass is 10.0. The second-order valence-electron chi connectivity index (χ2n) is 7.41. The summed E-state index contributed by atoms with van der Waals surface area (Å²) in [5.74, 6) is 0.574. The number of hydrogen-bond acceptors (Lipinski definition) is 3. The molecule has 1 aromatic carbocycles. The average Bonchev–Trinajstić information content (AvgIpc) is 2.97. The first-order valence-electron chi connectivity index (χ1n) is 9.89. The highest BCUT2D eigenvalue weighted by Gasteiger charge is 2.17. The Morgan fingerprint density at radius 1 is 1.07 bits per heavy atom. The van der Waals surface area contributed by atoms with Crippen molar-refractivity contribution in [2.45, 2.75) is 25.7 Å². The third kappa shape index (κ3) is 4.91. The number of fused-ring (bicyclic) bond motifs is 1. The van der Waals surface area contributed by atoms with Gasteiger partial charge in [0.1, 0.15) is 5.82 Å². The maximum atomic E-state index is 12.7. The zero-order valence-corrected chi connectivity index (χ0v) is 17.8. The minimum Gasteiger partial charge on any atom is -0.339 e. The first-order valence-corrected chi connectivity index (χ1v) is 10.6. The van der Waals surface area contributed by atoms with Crippen molar-refractivity contribution < 1.29 is 9.59 Å². The fourth-order valence-corrected chi connectivity index (χ4v) is 4.25. The molecule has 2 amide bonds. The number of nitrogens with one attached hydrogen (secondary N) is 1. The molecule has 1 N–H and O–H groups in total. The molecule has 3 heterocycles. The van der Waals surface area contributed by atoms with Crippen LogP contribution >= 0.6 is 23.2 Å². The number of anilines is 1. The fraction of sp³-hybridized carbons (Fsp3) is 0.261. The Balaban J connectivity index is 1.40. The Morgan fingerprint density at radius 2 is 1.87 bits per heavy atom. The number of amides is 2. The van der Waals surface area contributed by atoms with Crippen LogP contribution in [0.1, 0.15) is 36.0 Å². The lowest BCUT2D eigenvalue weighted by molar-refractivity contribution is -0.125. The number of hydrogen-bond donors (Lipinski definition) is 1. The number of nitrogens with zero attached hydrogens (tertiary/aromatic N) is 2. The fourth-order valence-electron chi connectivity index (χ4n) is 3.72. The van der Waals surface area contributed by atoms with E-state index in [-0.39, 0.29) is 11.8 Å². The van der Waals surface area contributed by atoms with Crippen LogP contribution in [0, 0.1) is 0 Å². The topological polar surface area (TPSA) is 62.3 Å². The van der Waals surface area contributed by atoms with Crippen molar-refractivity contribution in [3.8, 4) is 0 Å². The number of aryl methyl sites for hydroxylation is 1. The van der Waals surface area contributed by atoms with E-state index in [1.54, 1.807) is 24.4 Å². The van der Waals surface area contributed by atoms with E-state index in [4.69, 9.17) is 23.2 Å². The Morgan fingerprint density at radius 3 is 2.67 bits per heavy atom. The van der Waals surface area contributed by atoms with Crippen molar-refractivity contribution in [2.75, 3.05) is 18.4 Å². The van der Waals surface area contributed by atoms with E-state index >= 15 is 0 Å². The number of aromatic nitrogens is 1. The SMILES string of the molecule is O=C1CCc2cc(/C=C/C(=O)N3CCC=C(c4cc(Cl)cc(Cl)c4)CC3)cnc2N1. The lowest BCUT2D eigenvalue weighted by Gasteiger charge is -2.19. The van der Waals surface area contributed by atoms with Crippen LogP contribution in [0.2, 0.25) is 10.0 Å². The van der Waals surface area contributed by atoms with Crippen LogP contribution < -0.4 is 5.32 Å². The molecular formula is C23H21Cl2N3O2. The van der Waals surface area contributed by atoms with Gasteiger partial charge in [-0.05, 0) is 71.9 Å². The van der Waals surface area contributed by atoms with Gasteiger partial charge in [-0.2, -0.15) is 0 Å². The lowest BCUT2D eigenvalue weighted by Crippen LogP contribution is -2.30. The van der Waals surface area contributed by atoms with Gasteiger partial charge in [-0.15, -0.1) is 0 Å². The van der Waals surface area contributed by atoms with E-state index in [1.165, 1.54) is 0 Å². The van der Waals surface area contributed by atoms with Crippen LogP contribution in [0.4, 0.5) is 5.82 Å². The minimum absolute atomic E-state index is 0.0114. The minimum atomic E-state index is -0.0280. The van der Waals surface area contributed by atoms with Crippen molar-refractivity contribution in [2.24, 2.45) is 0 Å². The van der Waals surface area contributed by atoms with Crippen molar-refractivity contribution in [1.29, 1.82) is 0 Å². The first-order chi connectivity index (χ1) is 14.5. The summed E-state index contributed by atoms with van der Waals surface area (Å²) in [6.45, 7) is 1.29. The van der Waals surface area contributed by atoms with Crippen molar-refractivity contribution in [3.63, 3.8) is 0 Å². The molecule has 154 valence electrons. The molecule has 0 atom stereocenters. The molecule has 0 spiro atoms. The highest BCUT2D eigenvalue weighted by molar-refractivity contribution is 6.34. The summed E-state index contributed by atoms with van der Waals surface area (Å²) in [5, 5.41) is 3.98. The summed E-state index contributed by atoms with van der Waals surface area (Å²) in [4.78, 5) is 30.3. The number of pyridine rings is 1. The molecule has 0 aliphatic carbocycles. The summed E-state index contributed by atoms with van der Waals surface area (Å²) in [6.07, 6.45) is 9.84. The molecule has 1 aromatic heterocycles. The van der Waals surface area contributed by atoms with Crippen LogP contribution in [0.3, 0.4) is 0 Å². The highest BCUT2D eigenvalue weighted by atomic mass is 35.5. The van der Waals surface area contributed by atoms with E-state index in [9.17, 15) is 9.59 Å². The van der Waals surface area contributed by atoms with Crippen LogP contribution in [0.25, 0.3) is 11.6 Å². The molecule has 0 saturated carbocycles. The Kier molecular flexibility index (Phi) is 6.21. The van der Waals surface area contributed by atoms with Gasteiger partial charge in [-0.3, -0.25) is 9.59 Å². The zero-order chi connectivity index (χ0) is 21.1.